The number of nitrogens with zero attached hydrogens (tertiary/aromatic N) is 2. The first-order valence-corrected chi connectivity index (χ1v) is 9.89. The molecule has 3 aromatic heterocycles. The fraction of sp³-hybridized carbons (Fsp3) is 0. The molecule has 0 unspecified atom stereocenters. The maximum atomic E-state index is 13.7. The Morgan fingerprint density at radius 2 is 1.88 bits per heavy atom. The van der Waals surface area contributed by atoms with Crippen molar-refractivity contribution in [3.63, 3.8) is 0 Å². The van der Waals surface area contributed by atoms with Crippen molar-refractivity contribution in [2.45, 2.75) is 0 Å². The van der Waals surface area contributed by atoms with Gasteiger partial charge in [-0.05, 0) is 42.0 Å². The van der Waals surface area contributed by atoms with Crippen LogP contribution in [0.5, 0.6) is 11.6 Å². The first kappa shape index (κ1) is 19.4. The number of nitrogens with one attached hydrogen (secondary N) is 2. The Morgan fingerprint density at radius 3 is 2.66 bits per heavy atom. The summed E-state index contributed by atoms with van der Waals surface area (Å²) in [5.74, 6) is -0.442. The van der Waals surface area contributed by atoms with Crippen LogP contribution in [0.2, 0.25) is 0 Å². The van der Waals surface area contributed by atoms with Gasteiger partial charge in [-0.3, -0.25) is 9.78 Å². The van der Waals surface area contributed by atoms with Gasteiger partial charge in [-0.25, -0.2) is 9.37 Å². The predicted octanol–water partition coefficient (Wildman–Crippen LogP) is 5.81. The second-order valence-electron chi connectivity index (χ2n) is 7.08. The quantitative estimate of drug-likeness (QED) is 0.373. The van der Waals surface area contributed by atoms with E-state index in [0.717, 1.165) is 22.0 Å². The van der Waals surface area contributed by atoms with Crippen LogP contribution in [0, 0.1) is 5.82 Å². The van der Waals surface area contributed by atoms with Crippen LogP contribution in [0.4, 0.5) is 10.1 Å². The second-order valence-corrected chi connectivity index (χ2v) is 7.08. The predicted molar refractivity (Wildman–Crippen MR) is 120 cm³/mol. The summed E-state index contributed by atoms with van der Waals surface area (Å²) in [6.45, 7) is 0. The number of aromatic nitrogens is 3. The van der Waals surface area contributed by atoms with Gasteiger partial charge in [0.2, 0.25) is 5.88 Å². The zero-order valence-electron chi connectivity index (χ0n) is 16.7. The van der Waals surface area contributed by atoms with Gasteiger partial charge >= 0.3 is 0 Å². The number of ether oxygens (including phenoxy) is 1. The summed E-state index contributed by atoms with van der Waals surface area (Å²) in [4.78, 5) is 24.3. The molecule has 0 aliphatic rings. The van der Waals surface area contributed by atoms with Crippen molar-refractivity contribution >= 4 is 22.5 Å². The summed E-state index contributed by atoms with van der Waals surface area (Å²) in [5, 5.41) is 3.64. The number of benzene rings is 2. The fourth-order valence-electron chi connectivity index (χ4n) is 3.37. The monoisotopic (exact) mass is 424 g/mol. The molecule has 0 saturated carbocycles. The molecule has 32 heavy (non-hydrogen) atoms. The molecule has 0 aliphatic carbocycles. The van der Waals surface area contributed by atoms with Crippen LogP contribution in [0.1, 0.15) is 10.4 Å². The van der Waals surface area contributed by atoms with E-state index in [1.165, 1.54) is 18.3 Å². The number of pyridine rings is 2. The molecule has 0 saturated heterocycles. The van der Waals surface area contributed by atoms with Crippen molar-refractivity contribution in [1.29, 1.82) is 0 Å². The van der Waals surface area contributed by atoms with Gasteiger partial charge in [0.25, 0.3) is 5.91 Å². The summed E-state index contributed by atoms with van der Waals surface area (Å²) in [5.41, 5.74) is 3.80. The van der Waals surface area contributed by atoms with E-state index < -0.39 is 5.82 Å². The first-order valence-electron chi connectivity index (χ1n) is 9.89. The van der Waals surface area contributed by atoms with Crippen molar-refractivity contribution < 1.29 is 13.9 Å². The van der Waals surface area contributed by atoms with E-state index in [9.17, 15) is 9.18 Å². The first-order chi connectivity index (χ1) is 15.7. The summed E-state index contributed by atoms with van der Waals surface area (Å²) >= 11 is 0. The minimum Gasteiger partial charge on any atom is -0.436 e. The number of hydrogen-bond acceptors (Lipinski definition) is 4. The van der Waals surface area contributed by atoms with E-state index in [0.29, 0.717) is 11.3 Å². The lowest BCUT2D eigenvalue weighted by Crippen LogP contribution is -2.11. The molecule has 2 aromatic carbocycles. The molecule has 0 atom stereocenters. The molecule has 7 heteroatoms. The highest BCUT2D eigenvalue weighted by molar-refractivity contribution is 6.13. The molecule has 1 amide bonds. The van der Waals surface area contributed by atoms with Gasteiger partial charge in [0.15, 0.2) is 11.6 Å². The van der Waals surface area contributed by atoms with Crippen LogP contribution in [0.25, 0.3) is 22.0 Å². The minimum absolute atomic E-state index is 0.0833. The molecule has 3 heterocycles. The van der Waals surface area contributed by atoms with Crippen LogP contribution in [0.3, 0.4) is 0 Å². The third kappa shape index (κ3) is 3.91. The van der Waals surface area contributed by atoms with Crippen molar-refractivity contribution in [3.05, 3.63) is 103 Å². The smallest absolute Gasteiger partial charge is 0.257 e. The van der Waals surface area contributed by atoms with Gasteiger partial charge in [-0.15, -0.1) is 0 Å². The number of amides is 1. The number of aromatic amines is 1. The van der Waals surface area contributed by atoms with Gasteiger partial charge in [0.05, 0.1) is 17.4 Å². The van der Waals surface area contributed by atoms with E-state index in [-0.39, 0.29) is 17.5 Å². The highest BCUT2D eigenvalue weighted by Gasteiger charge is 2.14. The van der Waals surface area contributed by atoms with Gasteiger partial charge in [0.1, 0.15) is 0 Å². The number of rotatable bonds is 5. The lowest BCUT2D eigenvalue weighted by Gasteiger charge is -2.08. The number of para-hydroxylation sites is 1. The molecule has 6 nitrogen and oxygen atoms in total. The van der Waals surface area contributed by atoms with Gasteiger partial charge in [-0.2, -0.15) is 0 Å². The zero-order valence-corrected chi connectivity index (χ0v) is 16.7. The Kier molecular flexibility index (Phi) is 5.05. The molecule has 156 valence electrons. The average Bonchev–Trinajstić information content (AvgIpc) is 3.26. The third-order valence-electron chi connectivity index (χ3n) is 4.97. The molecular formula is C25H17FN4O2. The normalized spacial score (nSPS) is 10.8. The van der Waals surface area contributed by atoms with Crippen LogP contribution < -0.4 is 10.1 Å². The Bertz CT molecular complexity index is 1400. The highest BCUT2D eigenvalue weighted by Crippen LogP contribution is 2.27. The number of halogens is 1. The number of H-pyrrole nitrogens is 1. The molecular weight excluding hydrogens is 407 g/mol. The maximum absolute atomic E-state index is 13.7. The lowest BCUT2D eigenvalue weighted by molar-refractivity contribution is 0.102. The Morgan fingerprint density at radius 1 is 0.969 bits per heavy atom. The zero-order chi connectivity index (χ0) is 21.9. The van der Waals surface area contributed by atoms with Crippen molar-refractivity contribution in [2.24, 2.45) is 0 Å². The lowest BCUT2D eigenvalue weighted by atomic mass is 10.0. The second kappa shape index (κ2) is 8.31. The van der Waals surface area contributed by atoms with Crippen LogP contribution in [0.15, 0.2) is 91.5 Å². The average molecular weight is 424 g/mol. The highest BCUT2D eigenvalue weighted by atomic mass is 19.1. The summed E-state index contributed by atoms with van der Waals surface area (Å²) in [7, 11) is 0. The van der Waals surface area contributed by atoms with Gasteiger partial charge in [-0.1, -0.05) is 24.3 Å². The molecule has 2 N–H and O–H groups in total. The molecule has 0 radical (unpaired) electrons. The van der Waals surface area contributed by atoms with E-state index in [2.05, 4.69) is 20.3 Å². The van der Waals surface area contributed by atoms with Crippen molar-refractivity contribution in [3.8, 4) is 22.8 Å². The molecule has 0 spiro atoms. The Hall–Kier alpha value is -4.52. The molecule has 5 aromatic rings. The molecule has 0 fully saturated rings. The molecule has 0 bridgehead atoms. The fourth-order valence-corrected chi connectivity index (χ4v) is 3.37. The summed E-state index contributed by atoms with van der Waals surface area (Å²) < 4.78 is 19.2. The third-order valence-corrected chi connectivity index (χ3v) is 4.97. The van der Waals surface area contributed by atoms with E-state index in [1.54, 1.807) is 42.9 Å². The summed E-state index contributed by atoms with van der Waals surface area (Å²) in [6, 6.07) is 19.0. The largest absolute Gasteiger partial charge is 0.436 e. The Labute approximate surface area is 182 Å². The van der Waals surface area contributed by atoms with Gasteiger partial charge < -0.3 is 15.0 Å². The number of anilines is 1. The van der Waals surface area contributed by atoms with Crippen molar-refractivity contribution in [1.82, 2.24) is 15.0 Å². The van der Waals surface area contributed by atoms with Crippen molar-refractivity contribution in [2.75, 3.05) is 5.32 Å². The number of hydrogen-bond donors (Lipinski definition) is 2. The van der Waals surface area contributed by atoms with Crippen LogP contribution in [-0.2, 0) is 0 Å². The topological polar surface area (TPSA) is 79.9 Å². The minimum atomic E-state index is -0.475. The van der Waals surface area contributed by atoms with Crippen LogP contribution >= 0.6 is 0 Å². The van der Waals surface area contributed by atoms with E-state index >= 15 is 0 Å². The SMILES string of the molecule is O=C(Nc1ccc(Oc2ccccc2F)nc1)c1c[nH]c2ccc(-c3cccnc3)cc12. The number of fused-ring (bicyclic) bond motifs is 1. The number of carbonyl (C=O) groups excluding carboxylic acids is 1. The Balaban J connectivity index is 1.35. The van der Waals surface area contributed by atoms with Gasteiger partial charge in [0, 0.05) is 41.1 Å². The maximum Gasteiger partial charge on any atom is 0.257 e. The van der Waals surface area contributed by atoms with E-state index in [4.69, 9.17) is 4.74 Å². The summed E-state index contributed by atoms with van der Waals surface area (Å²) in [6.07, 6.45) is 6.64. The molecule has 5 rings (SSSR count). The number of carbonyl (C=O) groups is 1. The van der Waals surface area contributed by atoms with E-state index in [1.807, 2.05) is 30.3 Å². The standard InChI is InChI=1S/C25H17FN4O2/c26-21-5-1-2-6-23(21)32-24-10-8-18(14-29-24)30-25(31)20-15-28-22-9-7-16(12-19(20)22)17-4-3-11-27-13-17/h1-15,28H,(H,30,31). The van der Waals surface area contributed by atoms with Crippen LogP contribution in [-0.4, -0.2) is 20.9 Å². The molecule has 0 aliphatic heterocycles.